The van der Waals surface area contributed by atoms with Gasteiger partial charge in [-0.15, -0.1) is 0 Å². The number of fused-ring (bicyclic) bond motifs is 2. The number of hydrogen-bond acceptors (Lipinski definition) is 4. The molecule has 0 fully saturated rings. The number of ether oxygens (including phenoxy) is 2. The lowest BCUT2D eigenvalue weighted by atomic mass is 9.71. The summed E-state index contributed by atoms with van der Waals surface area (Å²) >= 11 is 0. The van der Waals surface area contributed by atoms with Crippen LogP contribution in [-0.2, 0) is 26.3 Å². The van der Waals surface area contributed by atoms with Crippen molar-refractivity contribution in [2.45, 2.75) is 18.1 Å². The molecule has 2 atom stereocenters. The Bertz CT molecular complexity index is 1290. The quantitative estimate of drug-likeness (QED) is 0.434. The molecule has 0 saturated heterocycles. The average molecular weight is 426 g/mol. The Morgan fingerprint density at radius 3 is 2.50 bits per heavy atom. The predicted octanol–water partition coefficient (Wildman–Crippen LogP) is 4.20. The molecule has 2 N–H and O–H groups in total. The molecule has 1 aromatic heterocycles. The van der Waals surface area contributed by atoms with Crippen molar-refractivity contribution in [3.8, 4) is 5.75 Å². The highest BCUT2D eigenvalue weighted by Crippen LogP contribution is 2.48. The number of amides is 1. The maximum atomic E-state index is 13.6. The van der Waals surface area contributed by atoms with E-state index in [2.05, 4.69) is 10.3 Å². The second-order valence-corrected chi connectivity index (χ2v) is 7.77. The van der Waals surface area contributed by atoms with Crippen molar-refractivity contribution in [3.63, 3.8) is 0 Å². The van der Waals surface area contributed by atoms with E-state index < -0.39 is 11.5 Å². The van der Waals surface area contributed by atoms with E-state index in [-0.39, 0.29) is 12.5 Å². The zero-order chi connectivity index (χ0) is 22.1. The molecular formula is C26H22N2O4. The summed E-state index contributed by atoms with van der Waals surface area (Å²) in [5, 5.41) is 3.84. The molecule has 160 valence electrons. The lowest BCUT2D eigenvalue weighted by molar-refractivity contribution is -0.133. The molecule has 4 aromatic rings. The van der Waals surface area contributed by atoms with Gasteiger partial charge in [0.25, 0.3) is 0 Å². The number of carbonyl (C=O) groups excluding carboxylic acids is 2. The van der Waals surface area contributed by atoms with Crippen LogP contribution in [0.3, 0.4) is 0 Å². The van der Waals surface area contributed by atoms with Gasteiger partial charge in [0.1, 0.15) is 17.3 Å². The second kappa shape index (κ2) is 7.98. The van der Waals surface area contributed by atoms with Gasteiger partial charge in [-0.05, 0) is 35.4 Å². The highest BCUT2D eigenvalue weighted by atomic mass is 16.5. The summed E-state index contributed by atoms with van der Waals surface area (Å²) in [5.41, 5.74) is 2.56. The van der Waals surface area contributed by atoms with Gasteiger partial charge >= 0.3 is 0 Å². The third kappa shape index (κ3) is 2.99. The summed E-state index contributed by atoms with van der Waals surface area (Å²) in [4.78, 5) is 29.3. The summed E-state index contributed by atoms with van der Waals surface area (Å²) in [6, 6.07) is 22.6. The van der Waals surface area contributed by atoms with Crippen molar-refractivity contribution >= 4 is 28.8 Å². The van der Waals surface area contributed by atoms with Gasteiger partial charge in [0.05, 0.1) is 13.7 Å². The number of aromatic nitrogens is 1. The minimum absolute atomic E-state index is 0.174. The van der Waals surface area contributed by atoms with E-state index in [9.17, 15) is 9.59 Å². The van der Waals surface area contributed by atoms with Crippen molar-refractivity contribution in [3.05, 3.63) is 95.7 Å². The Morgan fingerprint density at radius 2 is 1.72 bits per heavy atom. The minimum atomic E-state index is -1.32. The van der Waals surface area contributed by atoms with Crippen LogP contribution in [0.25, 0.3) is 10.9 Å². The molecular weight excluding hydrogens is 404 g/mol. The van der Waals surface area contributed by atoms with E-state index in [1.54, 1.807) is 13.3 Å². The summed E-state index contributed by atoms with van der Waals surface area (Å²) in [6.07, 6.45) is 1.50. The minimum Gasteiger partial charge on any atom is -0.497 e. The number of para-hydroxylation sites is 2. The summed E-state index contributed by atoms with van der Waals surface area (Å²) in [6.45, 7) is 0.174. The van der Waals surface area contributed by atoms with E-state index in [1.807, 2.05) is 72.8 Å². The monoisotopic (exact) mass is 426 g/mol. The highest BCUT2D eigenvalue weighted by molar-refractivity contribution is 6.13. The molecule has 0 bridgehead atoms. The number of rotatable bonds is 7. The van der Waals surface area contributed by atoms with Gasteiger partial charge in [-0.25, -0.2) is 0 Å². The van der Waals surface area contributed by atoms with Gasteiger partial charge in [0.15, 0.2) is 6.29 Å². The smallest absolute Gasteiger partial charge is 0.242 e. The van der Waals surface area contributed by atoms with Crippen LogP contribution in [0.15, 0.2) is 79.0 Å². The summed E-state index contributed by atoms with van der Waals surface area (Å²) in [5.74, 6) is 0.454. The first-order chi connectivity index (χ1) is 15.7. The number of hydrogen-bond donors (Lipinski definition) is 2. The Balaban J connectivity index is 1.62. The first-order valence-electron chi connectivity index (χ1n) is 10.4. The second-order valence-electron chi connectivity index (χ2n) is 7.77. The lowest BCUT2D eigenvalue weighted by Gasteiger charge is -2.32. The van der Waals surface area contributed by atoms with Gasteiger partial charge in [-0.2, -0.15) is 0 Å². The third-order valence-electron chi connectivity index (χ3n) is 6.11. The molecule has 6 nitrogen and oxygen atoms in total. The lowest BCUT2D eigenvalue weighted by Crippen LogP contribution is -2.48. The van der Waals surface area contributed by atoms with Crippen molar-refractivity contribution in [2.75, 3.05) is 12.4 Å². The molecule has 1 aliphatic heterocycles. The van der Waals surface area contributed by atoms with E-state index in [4.69, 9.17) is 9.47 Å². The summed E-state index contributed by atoms with van der Waals surface area (Å²) < 4.78 is 11.4. The number of aromatic amines is 1. The third-order valence-corrected chi connectivity index (χ3v) is 6.11. The first-order valence-corrected chi connectivity index (χ1v) is 10.4. The van der Waals surface area contributed by atoms with Crippen LogP contribution in [0.1, 0.15) is 16.7 Å². The summed E-state index contributed by atoms with van der Waals surface area (Å²) in [7, 11) is 1.61. The van der Waals surface area contributed by atoms with E-state index in [0.717, 1.165) is 34.1 Å². The van der Waals surface area contributed by atoms with Crippen molar-refractivity contribution in [2.24, 2.45) is 0 Å². The van der Waals surface area contributed by atoms with Crippen LogP contribution in [0.4, 0.5) is 5.69 Å². The predicted molar refractivity (Wildman–Crippen MR) is 122 cm³/mol. The Labute approximate surface area is 185 Å². The number of methoxy groups -OCH3 is 1. The maximum absolute atomic E-state index is 13.6. The number of H-pyrrole nitrogens is 1. The molecule has 0 saturated carbocycles. The molecule has 5 rings (SSSR count). The zero-order valence-corrected chi connectivity index (χ0v) is 17.5. The number of benzene rings is 3. The molecule has 0 radical (unpaired) electrons. The number of aldehydes is 1. The van der Waals surface area contributed by atoms with Crippen LogP contribution in [0.5, 0.6) is 5.75 Å². The fourth-order valence-corrected chi connectivity index (χ4v) is 4.55. The highest BCUT2D eigenvalue weighted by Gasteiger charge is 2.55. The van der Waals surface area contributed by atoms with Gasteiger partial charge in [-0.3, -0.25) is 4.79 Å². The molecule has 1 aliphatic rings. The number of nitrogens with one attached hydrogen (secondary N) is 2. The fraction of sp³-hybridized carbons (Fsp3) is 0.154. The van der Waals surface area contributed by atoms with Crippen molar-refractivity contribution < 1.29 is 19.1 Å². The van der Waals surface area contributed by atoms with Crippen LogP contribution in [0, 0.1) is 0 Å². The molecule has 2 heterocycles. The van der Waals surface area contributed by atoms with Gasteiger partial charge in [-0.1, -0.05) is 48.5 Å². The molecule has 6 heteroatoms. The van der Waals surface area contributed by atoms with Gasteiger partial charge < -0.3 is 24.6 Å². The topological polar surface area (TPSA) is 80.4 Å². The zero-order valence-electron chi connectivity index (χ0n) is 17.5. The number of anilines is 1. The van der Waals surface area contributed by atoms with Crippen LogP contribution >= 0.6 is 0 Å². The largest absolute Gasteiger partial charge is 0.497 e. The van der Waals surface area contributed by atoms with E-state index in [1.165, 1.54) is 0 Å². The molecule has 2 unspecified atom stereocenters. The Kier molecular flexibility index (Phi) is 4.99. The van der Waals surface area contributed by atoms with Crippen LogP contribution in [0.2, 0.25) is 0 Å². The molecule has 32 heavy (non-hydrogen) atoms. The van der Waals surface area contributed by atoms with E-state index >= 15 is 0 Å². The first kappa shape index (κ1) is 20.0. The van der Waals surface area contributed by atoms with Crippen molar-refractivity contribution in [1.82, 2.24) is 4.98 Å². The molecule has 1 amide bonds. The Morgan fingerprint density at radius 1 is 0.969 bits per heavy atom. The van der Waals surface area contributed by atoms with E-state index in [0.29, 0.717) is 11.3 Å². The van der Waals surface area contributed by atoms with Crippen LogP contribution < -0.4 is 10.1 Å². The molecule has 0 spiro atoms. The van der Waals surface area contributed by atoms with Gasteiger partial charge in [0.2, 0.25) is 5.91 Å². The normalized spacial score (nSPS) is 18.2. The van der Waals surface area contributed by atoms with Gasteiger partial charge in [0, 0.05) is 28.4 Å². The average Bonchev–Trinajstić information content (AvgIpc) is 3.39. The maximum Gasteiger partial charge on any atom is 0.242 e. The number of carbonyl (C=O) groups is 2. The SMILES string of the molecule is COc1ccc(COC(C=O)C2(c3c[nH]c4ccccc34)C(=O)Nc3ccccc32)cc1. The van der Waals surface area contributed by atoms with Crippen molar-refractivity contribution in [1.29, 1.82) is 0 Å². The fourth-order valence-electron chi connectivity index (χ4n) is 4.55. The Hall–Kier alpha value is -3.90. The molecule has 3 aromatic carbocycles. The van der Waals surface area contributed by atoms with Crippen LogP contribution in [-0.4, -0.2) is 30.4 Å². The standard InChI is InChI=1S/C26H22N2O4/c1-31-18-12-10-17(11-13-18)16-32-24(15-29)26(20-7-3-5-9-23(20)28-25(26)30)21-14-27-22-8-4-2-6-19(21)22/h2-15,24,27H,16H2,1H3,(H,28,30). The molecule has 0 aliphatic carbocycles.